The molecule has 1 fully saturated rings. The van der Waals surface area contributed by atoms with Crippen molar-refractivity contribution in [2.75, 3.05) is 13.6 Å². The molecule has 1 saturated carbocycles. The number of hydrogen-bond acceptors (Lipinski definition) is 3. The number of aryl methyl sites for hydroxylation is 1. The highest BCUT2D eigenvalue weighted by atomic mass is 16.2. The van der Waals surface area contributed by atoms with Gasteiger partial charge in [0, 0.05) is 32.1 Å². The number of nitrogens with zero attached hydrogens (tertiary/aromatic N) is 3. The van der Waals surface area contributed by atoms with Gasteiger partial charge in [0.25, 0.3) is 5.91 Å². The van der Waals surface area contributed by atoms with E-state index in [-0.39, 0.29) is 11.9 Å². The molecule has 0 bridgehead atoms. The predicted molar refractivity (Wildman–Crippen MR) is 78.4 cm³/mol. The number of fused-ring (bicyclic) bond motifs is 1. The summed E-state index contributed by atoms with van der Waals surface area (Å²) in [6, 6.07) is 7.93. The first-order valence-corrected chi connectivity index (χ1v) is 7.02. The molecular formula is C15H20N4O. The zero-order valence-electron chi connectivity index (χ0n) is 11.9. The lowest BCUT2D eigenvalue weighted by Crippen LogP contribution is -2.43. The molecule has 1 aliphatic carbocycles. The minimum absolute atomic E-state index is 0.0378. The molecular weight excluding hydrogens is 252 g/mol. The van der Waals surface area contributed by atoms with Crippen molar-refractivity contribution in [3.8, 4) is 0 Å². The molecule has 2 N–H and O–H groups in total. The summed E-state index contributed by atoms with van der Waals surface area (Å²) in [6.07, 6.45) is 2.34. The Hall–Kier alpha value is -1.88. The molecule has 0 spiro atoms. The quantitative estimate of drug-likeness (QED) is 0.914. The van der Waals surface area contributed by atoms with E-state index in [0.29, 0.717) is 18.2 Å². The van der Waals surface area contributed by atoms with Crippen LogP contribution in [0.2, 0.25) is 0 Å². The summed E-state index contributed by atoms with van der Waals surface area (Å²) in [5.74, 6) is 0.521. The van der Waals surface area contributed by atoms with Gasteiger partial charge in [0.15, 0.2) is 5.69 Å². The van der Waals surface area contributed by atoms with Crippen LogP contribution in [0.15, 0.2) is 24.3 Å². The molecule has 0 radical (unpaired) electrons. The fourth-order valence-electron chi connectivity index (χ4n) is 2.84. The standard InChI is InChI=1S/C15H20N4O/c1-18(13(9-16)10-7-8-10)15(20)14-11-5-3-4-6-12(11)19(2)17-14/h3-6,10,13H,7-9,16H2,1-2H3. The van der Waals surface area contributed by atoms with E-state index in [9.17, 15) is 4.79 Å². The summed E-state index contributed by atoms with van der Waals surface area (Å²) in [5, 5.41) is 5.29. The van der Waals surface area contributed by atoms with Gasteiger partial charge in [0.2, 0.25) is 0 Å². The first-order valence-electron chi connectivity index (χ1n) is 7.02. The Morgan fingerprint density at radius 1 is 1.50 bits per heavy atom. The number of amides is 1. The maximum absolute atomic E-state index is 12.7. The van der Waals surface area contributed by atoms with Crippen LogP contribution >= 0.6 is 0 Å². The lowest BCUT2D eigenvalue weighted by atomic mass is 10.1. The predicted octanol–water partition coefficient (Wildman–Crippen LogP) is 1.38. The van der Waals surface area contributed by atoms with E-state index in [1.165, 1.54) is 12.8 Å². The minimum Gasteiger partial charge on any atom is -0.336 e. The summed E-state index contributed by atoms with van der Waals surface area (Å²) >= 11 is 0. The first-order chi connectivity index (χ1) is 9.63. The van der Waals surface area contributed by atoms with E-state index in [1.807, 2.05) is 38.4 Å². The molecule has 1 atom stereocenters. The molecule has 0 aliphatic heterocycles. The molecule has 1 amide bonds. The second kappa shape index (κ2) is 4.90. The first kappa shape index (κ1) is 13.1. The van der Waals surface area contributed by atoms with Crippen molar-refractivity contribution >= 4 is 16.8 Å². The third-order valence-corrected chi connectivity index (χ3v) is 4.19. The second-order valence-corrected chi connectivity index (χ2v) is 5.55. The van der Waals surface area contributed by atoms with Crippen molar-refractivity contribution in [3.05, 3.63) is 30.0 Å². The molecule has 2 aromatic rings. The molecule has 5 nitrogen and oxygen atoms in total. The van der Waals surface area contributed by atoms with Gasteiger partial charge in [-0.1, -0.05) is 18.2 Å². The Balaban J connectivity index is 1.95. The van der Waals surface area contributed by atoms with Gasteiger partial charge in [-0.3, -0.25) is 9.48 Å². The monoisotopic (exact) mass is 272 g/mol. The SMILES string of the molecule is CN(C(=O)c1nn(C)c2ccccc12)C(CN)C1CC1. The Labute approximate surface area is 118 Å². The van der Waals surface area contributed by atoms with Crippen molar-refractivity contribution in [3.63, 3.8) is 0 Å². The average Bonchev–Trinajstić information content (AvgIpc) is 3.24. The van der Waals surface area contributed by atoms with Crippen molar-refractivity contribution in [1.82, 2.24) is 14.7 Å². The normalized spacial score (nSPS) is 16.4. The highest BCUT2D eigenvalue weighted by Crippen LogP contribution is 2.35. The number of hydrogen-bond donors (Lipinski definition) is 1. The number of likely N-dealkylation sites (N-methyl/N-ethyl adjacent to an activating group) is 1. The number of aromatic nitrogens is 2. The van der Waals surface area contributed by atoms with E-state index in [4.69, 9.17) is 5.73 Å². The van der Waals surface area contributed by atoms with Crippen molar-refractivity contribution in [2.24, 2.45) is 18.7 Å². The van der Waals surface area contributed by atoms with Gasteiger partial charge in [0.05, 0.1) is 5.52 Å². The zero-order chi connectivity index (χ0) is 14.3. The summed E-state index contributed by atoms with van der Waals surface area (Å²) in [5.41, 5.74) is 7.32. The highest BCUT2D eigenvalue weighted by Gasteiger charge is 2.36. The van der Waals surface area contributed by atoms with Gasteiger partial charge in [-0.2, -0.15) is 5.10 Å². The minimum atomic E-state index is -0.0378. The Kier molecular flexibility index (Phi) is 3.22. The molecule has 106 valence electrons. The Morgan fingerprint density at radius 3 is 2.85 bits per heavy atom. The molecule has 1 unspecified atom stereocenters. The van der Waals surface area contributed by atoms with E-state index in [1.54, 1.807) is 9.58 Å². The maximum Gasteiger partial charge on any atom is 0.275 e. The van der Waals surface area contributed by atoms with Crippen molar-refractivity contribution < 1.29 is 4.79 Å². The average molecular weight is 272 g/mol. The van der Waals surface area contributed by atoms with Crippen LogP contribution in [0.25, 0.3) is 10.9 Å². The van der Waals surface area contributed by atoms with Crippen LogP contribution in [0, 0.1) is 5.92 Å². The van der Waals surface area contributed by atoms with E-state index in [0.717, 1.165) is 10.9 Å². The summed E-state index contributed by atoms with van der Waals surface area (Å²) in [6.45, 7) is 0.512. The largest absolute Gasteiger partial charge is 0.336 e. The number of benzene rings is 1. The molecule has 1 aromatic heterocycles. The number of carbonyl (C=O) groups excluding carboxylic acids is 1. The van der Waals surface area contributed by atoms with Crippen molar-refractivity contribution in [1.29, 1.82) is 0 Å². The summed E-state index contributed by atoms with van der Waals surface area (Å²) in [4.78, 5) is 14.5. The van der Waals surface area contributed by atoms with Gasteiger partial charge in [-0.05, 0) is 24.8 Å². The number of para-hydroxylation sites is 1. The number of rotatable bonds is 4. The number of carbonyl (C=O) groups is 1. The maximum atomic E-state index is 12.7. The fourth-order valence-corrected chi connectivity index (χ4v) is 2.84. The van der Waals surface area contributed by atoms with Crippen LogP contribution in [0.5, 0.6) is 0 Å². The van der Waals surface area contributed by atoms with Gasteiger partial charge < -0.3 is 10.6 Å². The molecule has 5 heteroatoms. The second-order valence-electron chi connectivity index (χ2n) is 5.55. The van der Waals surface area contributed by atoms with Gasteiger partial charge in [-0.25, -0.2) is 0 Å². The van der Waals surface area contributed by atoms with Gasteiger partial charge in [0.1, 0.15) is 0 Å². The zero-order valence-corrected chi connectivity index (χ0v) is 11.9. The Morgan fingerprint density at radius 2 is 2.20 bits per heavy atom. The topological polar surface area (TPSA) is 64.2 Å². The summed E-state index contributed by atoms with van der Waals surface area (Å²) < 4.78 is 1.75. The van der Waals surface area contributed by atoms with E-state index in [2.05, 4.69) is 5.10 Å². The third kappa shape index (κ3) is 2.08. The van der Waals surface area contributed by atoms with Crippen LogP contribution in [-0.2, 0) is 7.05 Å². The highest BCUT2D eigenvalue weighted by molar-refractivity contribution is 6.04. The molecule has 1 aliphatic rings. The van der Waals surface area contributed by atoms with E-state index < -0.39 is 0 Å². The van der Waals surface area contributed by atoms with Gasteiger partial charge in [-0.15, -0.1) is 0 Å². The van der Waals surface area contributed by atoms with Crippen LogP contribution in [-0.4, -0.2) is 40.2 Å². The Bertz CT molecular complexity index is 644. The molecule has 3 rings (SSSR count). The van der Waals surface area contributed by atoms with Crippen LogP contribution in [0.1, 0.15) is 23.3 Å². The number of nitrogens with two attached hydrogens (primary N) is 1. The molecule has 0 saturated heterocycles. The smallest absolute Gasteiger partial charge is 0.275 e. The summed E-state index contributed by atoms with van der Waals surface area (Å²) in [7, 11) is 3.70. The van der Waals surface area contributed by atoms with E-state index >= 15 is 0 Å². The van der Waals surface area contributed by atoms with Gasteiger partial charge >= 0.3 is 0 Å². The fraction of sp³-hybridized carbons (Fsp3) is 0.467. The van der Waals surface area contributed by atoms with Crippen LogP contribution < -0.4 is 5.73 Å². The lowest BCUT2D eigenvalue weighted by Gasteiger charge is -2.26. The molecule has 20 heavy (non-hydrogen) atoms. The molecule has 1 heterocycles. The lowest BCUT2D eigenvalue weighted by molar-refractivity contribution is 0.0714. The van der Waals surface area contributed by atoms with Crippen LogP contribution in [0.3, 0.4) is 0 Å². The third-order valence-electron chi connectivity index (χ3n) is 4.19. The van der Waals surface area contributed by atoms with Crippen LogP contribution in [0.4, 0.5) is 0 Å². The van der Waals surface area contributed by atoms with Crippen molar-refractivity contribution in [2.45, 2.75) is 18.9 Å². The molecule has 1 aromatic carbocycles.